The summed E-state index contributed by atoms with van der Waals surface area (Å²) in [5, 5.41) is 3.18. The number of anilines is 2. The van der Waals surface area contributed by atoms with Gasteiger partial charge in [0.05, 0.1) is 11.4 Å². The van der Waals surface area contributed by atoms with Gasteiger partial charge in [0.1, 0.15) is 13.2 Å². The van der Waals surface area contributed by atoms with Gasteiger partial charge in [0, 0.05) is 31.7 Å². The van der Waals surface area contributed by atoms with Crippen LogP contribution >= 0.6 is 0 Å². The highest BCUT2D eigenvalue weighted by Crippen LogP contribution is 2.37. The van der Waals surface area contributed by atoms with E-state index in [0.717, 1.165) is 65.7 Å². The number of nitrogens with zero attached hydrogens (tertiary/aromatic N) is 2. The van der Waals surface area contributed by atoms with Crippen LogP contribution in [0.1, 0.15) is 15.9 Å². The maximum absolute atomic E-state index is 13.1. The monoisotopic (exact) mass is 443 g/mol. The predicted octanol–water partition coefficient (Wildman–Crippen LogP) is 4.44. The molecule has 0 unspecified atom stereocenters. The highest BCUT2D eigenvalue weighted by molar-refractivity contribution is 6.06. The van der Waals surface area contributed by atoms with Gasteiger partial charge in [-0.2, -0.15) is 0 Å². The molecule has 5 rings (SSSR count). The Morgan fingerprint density at radius 1 is 0.848 bits per heavy atom. The third kappa shape index (κ3) is 4.66. The molecule has 2 aliphatic rings. The molecule has 1 fully saturated rings. The normalized spacial score (nSPS) is 15.9. The van der Waals surface area contributed by atoms with Crippen LogP contribution in [-0.2, 0) is 0 Å². The van der Waals surface area contributed by atoms with Gasteiger partial charge in [-0.1, -0.05) is 29.8 Å². The molecule has 0 saturated carbocycles. The van der Waals surface area contributed by atoms with E-state index in [1.165, 1.54) is 0 Å². The Bertz CT molecular complexity index is 1170. The minimum absolute atomic E-state index is 0.103. The molecule has 0 spiro atoms. The summed E-state index contributed by atoms with van der Waals surface area (Å²) >= 11 is 0. The molecule has 1 saturated heterocycles. The molecule has 2 heterocycles. The first-order chi connectivity index (χ1) is 16.1. The topological polar surface area (TPSA) is 54.0 Å². The third-order valence-corrected chi connectivity index (χ3v) is 6.24. The first-order valence-corrected chi connectivity index (χ1v) is 11.4. The van der Waals surface area contributed by atoms with E-state index < -0.39 is 0 Å². The Morgan fingerprint density at radius 3 is 2.36 bits per heavy atom. The molecule has 1 N–H and O–H groups in total. The molecule has 0 bridgehead atoms. The zero-order valence-electron chi connectivity index (χ0n) is 19.1. The second-order valence-corrected chi connectivity index (χ2v) is 8.70. The molecule has 6 heteroatoms. The van der Waals surface area contributed by atoms with Crippen LogP contribution in [-0.4, -0.2) is 57.2 Å². The number of benzene rings is 3. The highest BCUT2D eigenvalue weighted by Gasteiger charge is 2.20. The Kier molecular flexibility index (Phi) is 5.92. The predicted molar refractivity (Wildman–Crippen MR) is 132 cm³/mol. The van der Waals surface area contributed by atoms with Gasteiger partial charge < -0.3 is 24.6 Å². The summed E-state index contributed by atoms with van der Waals surface area (Å²) in [5.41, 5.74) is 5.62. The van der Waals surface area contributed by atoms with Crippen molar-refractivity contribution in [3.05, 3.63) is 71.8 Å². The fourth-order valence-electron chi connectivity index (χ4n) is 4.34. The number of fused-ring (bicyclic) bond motifs is 1. The summed E-state index contributed by atoms with van der Waals surface area (Å²) in [7, 11) is 2.14. The third-order valence-electron chi connectivity index (χ3n) is 6.24. The first kappa shape index (κ1) is 21.3. The highest BCUT2D eigenvalue weighted by atomic mass is 16.6. The number of rotatable bonds is 4. The van der Waals surface area contributed by atoms with Crippen molar-refractivity contribution in [3.8, 4) is 22.6 Å². The van der Waals surface area contributed by atoms with Crippen LogP contribution in [0.2, 0.25) is 0 Å². The van der Waals surface area contributed by atoms with Crippen LogP contribution in [0, 0.1) is 6.92 Å². The van der Waals surface area contributed by atoms with Crippen molar-refractivity contribution in [2.75, 3.05) is 56.7 Å². The van der Waals surface area contributed by atoms with Crippen LogP contribution in [0.5, 0.6) is 11.5 Å². The lowest BCUT2D eigenvalue weighted by Crippen LogP contribution is -2.44. The number of aryl methyl sites for hydroxylation is 1. The number of carbonyl (C=O) groups is 1. The lowest BCUT2D eigenvalue weighted by atomic mass is 10.0. The number of piperazine rings is 1. The quantitative estimate of drug-likeness (QED) is 0.646. The van der Waals surface area contributed by atoms with Crippen LogP contribution in [0.25, 0.3) is 11.1 Å². The molecule has 0 atom stereocenters. The van der Waals surface area contributed by atoms with E-state index >= 15 is 0 Å². The average Bonchev–Trinajstić information content (AvgIpc) is 2.84. The van der Waals surface area contributed by atoms with E-state index in [1.54, 1.807) is 0 Å². The largest absolute Gasteiger partial charge is 0.486 e. The van der Waals surface area contributed by atoms with Gasteiger partial charge >= 0.3 is 0 Å². The number of ether oxygens (including phenoxy) is 2. The van der Waals surface area contributed by atoms with Crippen molar-refractivity contribution in [1.82, 2.24) is 4.90 Å². The van der Waals surface area contributed by atoms with Crippen molar-refractivity contribution in [2.45, 2.75) is 6.92 Å². The van der Waals surface area contributed by atoms with Gasteiger partial charge in [-0.05, 0) is 61.5 Å². The molecule has 0 aliphatic carbocycles. The maximum Gasteiger partial charge on any atom is 0.255 e. The summed E-state index contributed by atoms with van der Waals surface area (Å²) in [6, 6.07) is 19.9. The summed E-state index contributed by atoms with van der Waals surface area (Å²) in [5.74, 6) is 1.42. The van der Waals surface area contributed by atoms with Gasteiger partial charge in [-0.3, -0.25) is 4.79 Å². The lowest BCUT2D eigenvalue weighted by molar-refractivity contribution is 0.102. The Balaban J connectivity index is 1.50. The van der Waals surface area contributed by atoms with E-state index in [0.29, 0.717) is 18.8 Å². The Labute approximate surface area is 194 Å². The zero-order valence-corrected chi connectivity index (χ0v) is 19.1. The molecule has 6 nitrogen and oxygen atoms in total. The van der Waals surface area contributed by atoms with Gasteiger partial charge in [0.2, 0.25) is 0 Å². The molecule has 3 aromatic rings. The standard InChI is InChI=1S/C27H29N3O3/c1-19-4-3-5-22(16-19)27(31)28-23-17-20(6-8-24(23)30-12-10-29(2)11-13-30)21-7-9-25-26(18-21)33-15-14-32-25/h3-9,16-18H,10-15H2,1-2H3,(H,28,31). The van der Waals surface area contributed by atoms with Crippen LogP contribution in [0.3, 0.4) is 0 Å². The van der Waals surface area contributed by atoms with E-state index in [4.69, 9.17) is 9.47 Å². The molecular formula is C27H29N3O3. The number of amides is 1. The average molecular weight is 444 g/mol. The maximum atomic E-state index is 13.1. The molecule has 0 radical (unpaired) electrons. The fourth-order valence-corrected chi connectivity index (χ4v) is 4.34. The summed E-state index contributed by atoms with van der Waals surface area (Å²) in [4.78, 5) is 17.8. The molecular weight excluding hydrogens is 414 g/mol. The fraction of sp³-hybridized carbons (Fsp3) is 0.296. The lowest BCUT2D eigenvalue weighted by Gasteiger charge is -2.35. The van der Waals surface area contributed by atoms with E-state index in [2.05, 4.69) is 40.4 Å². The number of likely N-dealkylation sites (N-methyl/N-ethyl adjacent to an activating group) is 1. The van der Waals surface area contributed by atoms with Crippen LogP contribution in [0.15, 0.2) is 60.7 Å². The van der Waals surface area contributed by atoms with E-state index in [-0.39, 0.29) is 5.91 Å². The molecule has 170 valence electrons. The minimum Gasteiger partial charge on any atom is -0.486 e. The number of nitrogens with one attached hydrogen (secondary N) is 1. The van der Waals surface area contributed by atoms with Crippen molar-refractivity contribution < 1.29 is 14.3 Å². The number of carbonyl (C=O) groups excluding carboxylic acids is 1. The summed E-state index contributed by atoms with van der Waals surface area (Å²) < 4.78 is 11.4. The van der Waals surface area contributed by atoms with Crippen molar-refractivity contribution in [1.29, 1.82) is 0 Å². The summed E-state index contributed by atoms with van der Waals surface area (Å²) in [6.07, 6.45) is 0. The van der Waals surface area contributed by atoms with Gasteiger partial charge in [-0.15, -0.1) is 0 Å². The molecule has 2 aliphatic heterocycles. The minimum atomic E-state index is -0.103. The summed E-state index contributed by atoms with van der Waals surface area (Å²) in [6.45, 7) is 6.96. The Morgan fingerprint density at radius 2 is 1.58 bits per heavy atom. The van der Waals surface area contributed by atoms with Gasteiger partial charge in [-0.25, -0.2) is 0 Å². The van der Waals surface area contributed by atoms with Crippen LogP contribution in [0.4, 0.5) is 11.4 Å². The van der Waals surface area contributed by atoms with E-state index in [9.17, 15) is 4.79 Å². The van der Waals surface area contributed by atoms with Crippen LogP contribution < -0.4 is 19.7 Å². The van der Waals surface area contributed by atoms with Crippen molar-refractivity contribution >= 4 is 17.3 Å². The van der Waals surface area contributed by atoms with Crippen molar-refractivity contribution in [3.63, 3.8) is 0 Å². The molecule has 0 aromatic heterocycles. The Hall–Kier alpha value is -3.51. The second-order valence-electron chi connectivity index (χ2n) is 8.70. The van der Waals surface area contributed by atoms with Gasteiger partial charge in [0.25, 0.3) is 5.91 Å². The number of hydrogen-bond donors (Lipinski definition) is 1. The second kappa shape index (κ2) is 9.16. The SMILES string of the molecule is Cc1cccc(C(=O)Nc2cc(-c3ccc4c(c3)OCCO4)ccc2N2CCN(C)CC2)c1. The van der Waals surface area contributed by atoms with Crippen molar-refractivity contribution in [2.24, 2.45) is 0 Å². The first-order valence-electron chi connectivity index (χ1n) is 11.4. The van der Waals surface area contributed by atoms with E-state index in [1.807, 2.05) is 49.4 Å². The zero-order chi connectivity index (χ0) is 22.8. The smallest absolute Gasteiger partial charge is 0.255 e. The molecule has 1 amide bonds. The molecule has 3 aromatic carbocycles. The molecule has 33 heavy (non-hydrogen) atoms. The van der Waals surface area contributed by atoms with Gasteiger partial charge in [0.15, 0.2) is 11.5 Å². The number of hydrogen-bond acceptors (Lipinski definition) is 5.